The minimum atomic E-state index is -4.61. The van der Waals surface area contributed by atoms with Gasteiger partial charge in [-0.1, -0.05) is 19.1 Å². The Hall–Kier alpha value is -2.69. The van der Waals surface area contributed by atoms with Crippen LogP contribution in [0.15, 0.2) is 24.3 Å². The van der Waals surface area contributed by atoms with Crippen molar-refractivity contribution in [2.45, 2.75) is 32.5 Å². The maximum absolute atomic E-state index is 13.2. The smallest absolute Gasteiger partial charge is 0.338 e. The van der Waals surface area contributed by atoms with Gasteiger partial charge < -0.3 is 9.80 Å². The maximum Gasteiger partial charge on any atom is 0.417 e. The molecule has 0 unspecified atom stereocenters. The SMILES string of the molecule is CCCc1n[nH]c(=S)n1CC(=O)N1CCN(C(=O)c2ccccc2C(F)(F)F)CC1. The zero-order chi connectivity index (χ0) is 21.9. The van der Waals surface area contributed by atoms with E-state index in [0.29, 0.717) is 17.0 Å². The summed E-state index contributed by atoms with van der Waals surface area (Å²) >= 11 is 5.19. The molecular weight excluding hydrogens is 419 g/mol. The highest BCUT2D eigenvalue weighted by Crippen LogP contribution is 2.32. The van der Waals surface area contributed by atoms with Gasteiger partial charge in [0.05, 0.1) is 11.1 Å². The number of H-pyrrole nitrogens is 1. The van der Waals surface area contributed by atoms with Gasteiger partial charge in [0.25, 0.3) is 5.91 Å². The summed E-state index contributed by atoms with van der Waals surface area (Å²) in [5.41, 5.74) is -1.33. The Morgan fingerprint density at radius 1 is 1.13 bits per heavy atom. The Balaban J connectivity index is 1.64. The molecule has 7 nitrogen and oxygen atoms in total. The van der Waals surface area contributed by atoms with Crippen LogP contribution in [0.5, 0.6) is 0 Å². The van der Waals surface area contributed by atoms with Gasteiger partial charge in [0.2, 0.25) is 5.91 Å². The van der Waals surface area contributed by atoms with E-state index >= 15 is 0 Å². The van der Waals surface area contributed by atoms with Crippen LogP contribution in [0.3, 0.4) is 0 Å². The van der Waals surface area contributed by atoms with Gasteiger partial charge in [-0.2, -0.15) is 18.3 Å². The predicted octanol–water partition coefficient (Wildman–Crippen LogP) is 2.90. The van der Waals surface area contributed by atoms with Gasteiger partial charge in [-0.25, -0.2) is 0 Å². The first-order valence-electron chi connectivity index (χ1n) is 9.59. The van der Waals surface area contributed by atoms with Crippen LogP contribution in [0, 0.1) is 4.77 Å². The number of halogens is 3. The Morgan fingerprint density at radius 2 is 1.77 bits per heavy atom. The molecule has 2 aromatic rings. The van der Waals surface area contributed by atoms with E-state index in [1.165, 1.54) is 23.1 Å². The molecular formula is C19H22F3N5O2S. The summed E-state index contributed by atoms with van der Waals surface area (Å²) in [5.74, 6) is -0.154. The van der Waals surface area contributed by atoms with E-state index in [1.807, 2.05) is 6.92 Å². The molecule has 2 heterocycles. The molecule has 162 valence electrons. The van der Waals surface area contributed by atoms with Crippen molar-refractivity contribution in [3.63, 3.8) is 0 Å². The molecule has 1 saturated heterocycles. The van der Waals surface area contributed by atoms with E-state index in [-0.39, 0.29) is 44.2 Å². The van der Waals surface area contributed by atoms with E-state index < -0.39 is 17.6 Å². The van der Waals surface area contributed by atoms with Crippen LogP contribution < -0.4 is 0 Å². The molecule has 1 aliphatic rings. The molecule has 1 fully saturated rings. The number of nitrogens with one attached hydrogen (secondary N) is 1. The molecule has 1 N–H and O–H groups in total. The number of rotatable bonds is 5. The third-order valence-corrected chi connectivity index (χ3v) is 5.30. The van der Waals surface area contributed by atoms with Crippen molar-refractivity contribution in [1.82, 2.24) is 24.6 Å². The van der Waals surface area contributed by atoms with Crippen molar-refractivity contribution < 1.29 is 22.8 Å². The number of carbonyl (C=O) groups excluding carboxylic acids is 2. The number of nitrogens with zero attached hydrogens (tertiary/aromatic N) is 4. The van der Waals surface area contributed by atoms with Crippen LogP contribution in [-0.2, 0) is 23.9 Å². The summed E-state index contributed by atoms with van der Waals surface area (Å²) < 4.78 is 41.6. The monoisotopic (exact) mass is 441 g/mol. The Bertz CT molecular complexity index is 977. The summed E-state index contributed by atoms with van der Waals surface area (Å²) in [6.07, 6.45) is -3.07. The number of alkyl halides is 3. The van der Waals surface area contributed by atoms with Crippen molar-refractivity contribution in [3.8, 4) is 0 Å². The topological polar surface area (TPSA) is 74.2 Å². The molecule has 1 aromatic carbocycles. The van der Waals surface area contributed by atoms with Crippen molar-refractivity contribution in [2.75, 3.05) is 26.2 Å². The standard InChI is InChI=1S/C19H22F3N5O2S/c1-2-5-15-23-24-18(30)27(15)12-16(28)25-8-10-26(11-9-25)17(29)13-6-3-4-7-14(13)19(20,21)22/h3-4,6-7H,2,5,8-12H2,1H3,(H,24,30). The lowest BCUT2D eigenvalue weighted by Gasteiger charge is -2.35. The van der Waals surface area contributed by atoms with Crippen molar-refractivity contribution in [1.29, 1.82) is 0 Å². The summed E-state index contributed by atoms with van der Waals surface area (Å²) in [4.78, 5) is 28.3. The lowest BCUT2D eigenvalue weighted by atomic mass is 10.1. The third kappa shape index (κ3) is 4.72. The first-order valence-corrected chi connectivity index (χ1v) is 10.0. The molecule has 11 heteroatoms. The van der Waals surface area contributed by atoms with Gasteiger partial charge in [-0.3, -0.25) is 19.3 Å². The fourth-order valence-electron chi connectivity index (χ4n) is 3.41. The number of aryl methyl sites for hydroxylation is 1. The molecule has 0 spiro atoms. The fraction of sp³-hybridized carbons (Fsp3) is 0.474. The molecule has 0 saturated carbocycles. The van der Waals surface area contributed by atoms with Crippen molar-refractivity contribution in [2.24, 2.45) is 0 Å². The first kappa shape index (κ1) is 22.0. The Morgan fingerprint density at radius 3 is 2.40 bits per heavy atom. The van der Waals surface area contributed by atoms with Crippen LogP contribution in [0.2, 0.25) is 0 Å². The van der Waals surface area contributed by atoms with Crippen LogP contribution in [0.4, 0.5) is 13.2 Å². The van der Waals surface area contributed by atoms with Crippen LogP contribution in [0.25, 0.3) is 0 Å². The van der Waals surface area contributed by atoms with E-state index in [0.717, 1.165) is 12.5 Å². The average molecular weight is 441 g/mol. The minimum absolute atomic E-state index is 0.0372. The Kier molecular flexibility index (Phi) is 6.59. The minimum Gasteiger partial charge on any atom is -0.338 e. The summed E-state index contributed by atoms with van der Waals surface area (Å²) in [6.45, 7) is 2.84. The van der Waals surface area contributed by atoms with Gasteiger partial charge in [-0.05, 0) is 30.8 Å². The predicted molar refractivity (Wildman–Crippen MR) is 105 cm³/mol. The number of aromatic nitrogens is 3. The molecule has 30 heavy (non-hydrogen) atoms. The van der Waals surface area contributed by atoms with Crippen LogP contribution >= 0.6 is 12.2 Å². The number of amides is 2. The quantitative estimate of drug-likeness (QED) is 0.725. The molecule has 0 aliphatic carbocycles. The zero-order valence-electron chi connectivity index (χ0n) is 16.4. The number of hydrogen-bond donors (Lipinski definition) is 1. The molecule has 3 rings (SSSR count). The molecule has 1 aromatic heterocycles. The zero-order valence-corrected chi connectivity index (χ0v) is 17.2. The molecule has 0 atom stereocenters. The van der Waals surface area contributed by atoms with Gasteiger partial charge >= 0.3 is 6.18 Å². The normalized spacial score (nSPS) is 14.8. The van der Waals surface area contributed by atoms with Gasteiger partial charge in [0.1, 0.15) is 12.4 Å². The van der Waals surface area contributed by atoms with Gasteiger partial charge in [0.15, 0.2) is 4.77 Å². The van der Waals surface area contributed by atoms with Crippen LogP contribution in [0.1, 0.15) is 35.1 Å². The highest BCUT2D eigenvalue weighted by atomic mass is 32.1. The molecule has 2 amide bonds. The summed E-state index contributed by atoms with van der Waals surface area (Å²) in [7, 11) is 0. The number of carbonyl (C=O) groups is 2. The summed E-state index contributed by atoms with van der Waals surface area (Å²) in [5, 5.41) is 6.82. The highest BCUT2D eigenvalue weighted by molar-refractivity contribution is 7.71. The molecule has 0 radical (unpaired) electrons. The molecule has 1 aliphatic heterocycles. The number of piperazine rings is 1. The van der Waals surface area contributed by atoms with Crippen molar-refractivity contribution >= 4 is 24.0 Å². The van der Waals surface area contributed by atoms with Crippen molar-refractivity contribution in [3.05, 3.63) is 46.0 Å². The van der Waals surface area contributed by atoms with Crippen LogP contribution in [-0.4, -0.2) is 62.6 Å². The largest absolute Gasteiger partial charge is 0.417 e. The fourth-order valence-corrected chi connectivity index (χ4v) is 3.62. The number of hydrogen-bond acceptors (Lipinski definition) is 4. The molecule has 0 bridgehead atoms. The maximum atomic E-state index is 13.2. The van der Waals surface area contributed by atoms with E-state index in [2.05, 4.69) is 10.2 Å². The average Bonchev–Trinajstić information content (AvgIpc) is 3.06. The lowest BCUT2D eigenvalue weighted by molar-refractivity contribution is -0.138. The van der Waals surface area contributed by atoms with E-state index in [9.17, 15) is 22.8 Å². The van der Waals surface area contributed by atoms with Gasteiger partial charge in [-0.15, -0.1) is 0 Å². The first-order chi connectivity index (χ1) is 14.2. The second kappa shape index (κ2) is 8.99. The highest BCUT2D eigenvalue weighted by Gasteiger charge is 2.36. The Labute approximate surface area is 176 Å². The second-order valence-electron chi connectivity index (χ2n) is 7.00. The van der Waals surface area contributed by atoms with Gasteiger partial charge in [0, 0.05) is 32.6 Å². The lowest BCUT2D eigenvalue weighted by Crippen LogP contribution is -2.51. The second-order valence-corrected chi connectivity index (χ2v) is 7.38. The number of aromatic amines is 1. The third-order valence-electron chi connectivity index (χ3n) is 4.99. The number of benzene rings is 1. The van der Waals surface area contributed by atoms with E-state index in [1.54, 1.807) is 9.47 Å². The van der Waals surface area contributed by atoms with E-state index in [4.69, 9.17) is 12.2 Å². The summed E-state index contributed by atoms with van der Waals surface area (Å²) in [6, 6.07) is 4.74.